The van der Waals surface area contributed by atoms with Crippen LogP contribution in [0.25, 0.3) is 11.2 Å². The van der Waals surface area contributed by atoms with E-state index in [9.17, 15) is 4.79 Å². The van der Waals surface area contributed by atoms with Gasteiger partial charge in [0.15, 0.2) is 17.5 Å². The Labute approximate surface area is 165 Å². The molecule has 6 rings (SSSR count). The molecule has 5 heterocycles. The molecule has 148 valence electrons. The summed E-state index contributed by atoms with van der Waals surface area (Å²) in [6, 6.07) is 4.16. The SMILES string of the molecule is Cn1cnc2ncn(Cc3ncno3)c(=O)c21.c1cncc(N2C[C@H]3C[C@H]3C2)c1. The molecule has 0 unspecified atom stereocenters. The van der Waals surface area contributed by atoms with Crippen LogP contribution in [0, 0.1) is 11.8 Å². The highest BCUT2D eigenvalue weighted by Gasteiger charge is 2.45. The number of piperidine rings is 1. The van der Waals surface area contributed by atoms with Crippen LogP contribution >= 0.6 is 0 Å². The summed E-state index contributed by atoms with van der Waals surface area (Å²) in [5, 5.41) is 3.48. The maximum Gasteiger partial charge on any atom is 0.280 e. The molecule has 0 aromatic carbocycles. The van der Waals surface area contributed by atoms with Gasteiger partial charge in [0.2, 0.25) is 5.89 Å². The van der Waals surface area contributed by atoms with Crippen molar-refractivity contribution in [2.75, 3.05) is 18.0 Å². The zero-order valence-corrected chi connectivity index (χ0v) is 15.9. The van der Waals surface area contributed by atoms with Crippen LogP contribution in [0.3, 0.4) is 0 Å². The number of fused-ring (bicyclic) bond motifs is 2. The van der Waals surface area contributed by atoms with Gasteiger partial charge in [-0.3, -0.25) is 14.3 Å². The van der Waals surface area contributed by atoms with E-state index in [2.05, 4.69) is 36.1 Å². The first-order valence-corrected chi connectivity index (χ1v) is 9.46. The van der Waals surface area contributed by atoms with Gasteiger partial charge in [-0.05, 0) is 30.4 Å². The summed E-state index contributed by atoms with van der Waals surface area (Å²) in [5.41, 5.74) is 1.99. The Bertz CT molecular complexity index is 1160. The minimum Gasteiger partial charge on any atom is -0.370 e. The zero-order chi connectivity index (χ0) is 19.8. The van der Waals surface area contributed by atoms with Crippen molar-refractivity contribution in [1.82, 2.24) is 34.2 Å². The number of pyridine rings is 1. The Morgan fingerprint density at radius 3 is 2.72 bits per heavy atom. The molecule has 2 fully saturated rings. The fourth-order valence-electron chi connectivity index (χ4n) is 3.75. The van der Waals surface area contributed by atoms with Gasteiger partial charge in [0, 0.05) is 26.3 Å². The number of anilines is 1. The smallest absolute Gasteiger partial charge is 0.280 e. The lowest BCUT2D eigenvalue weighted by atomic mass is 10.3. The fourth-order valence-corrected chi connectivity index (χ4v) is 3.75. The summed E-state index contributed by atoms with van der Waals surface area (Å²) in [6.45, 7) is 2.72. The van der Waals surface area contributed by atoms with Crippen molar-refractivity contribution in [3.8, 4) is 0 Å². The monoisotopic (exact) mass is 392 g/mol. The van der Waals surface area contributed by atoms with Crippen molar-refractivity contribution < 1.29 is 4.52 Å². The number of hydrogen-bond acceptors (Lipinski definition) is 8. The second-order valence-electron chi connectivity index (χ2n) is 7.41. The van der Waals surface area contributed by atoms with E-state index in [0.717, 1.165) is 11.8 Å². The van der Waals surface area contributed by atoms with E-state index in [-0.39, 0.29) is 12.1 Å². The number of rotatable bonds is 3. The van der Waals surface area contributed by atoms with E-state index in [1.54, 1.807) is 17.9 Å². The van der Waals surface area contributed by atoms with E-state index in [4.69, 9.17) is 4.52 Å². The fraction of sp³-hybridized carbons (Fsp3) is 0.368. The normalized spacial score (nSPS) is 19.7. The zero-order valence-electron chi connectivity index (χ0n) is 15.9. The van der Waals surface area contributed by atoms with Crippen LogP contribution in [-0.4, -0.2) is 47.3 Å². The molecule has 2 atom stereocenters. The first-order valence-electron chi connectivity index (χ1n) is 9.46. The Morgan fingerprint density at radius 2 is 2.00 bits per heavy atom. The number of imidazole rings is 1. The summed E-state index contributed by atoms with van der Waals surface area (Å²) in [7, 11) is 1.75. The van der Waals surface area contributed by atoms with Crippen LogP contribution in [0.4, 0.5) is 5.69 Å². The second kappa shape index (κ2) is 7.12. The highest BCUT2D eigenvalue weighted by atomic mass is 16.5. The van der Waals surface area contributed by atoms with Gasteiger partial charge in [-0.15, -0.1) is 0 Å². The van der Waals surface area contributed by atoms with Crippen molar-refractivity contribution >= 4 is 16.9 Å². The van der Waals surface area contributed by atoms with E-state index >= 15 is 0 Å². The lowest BCUT2D eigenvalue weighted by Crippen LogP contribution is -2.22. The van der Waals surface area contributed by atoms with Crippen LogP contribution in [0.1, 0.15) is 12.3 Å². The van der Waals surface area contributed by atoms with Gasteiger partial charge in [-0.25, -0.2) is 9.97 Å². The molecule has 1 aliphatic carbocycles. The molecule has 4 aromatic rings. The lowest BCUT2D eigenvalue weighted by molar-refractivity contribution is 0.368. The van der Waals surface area contributed by atoms with Crippen molar-refractivity contribution in [3.05, 3.63) is 59.8 Å². The molecule has 4 aromatic heterocycles. The van der Waals surface area contributed by atoms with Gasteiger partial charge in [-0.2, -0.15) is 4.98 Å². The Balaban J connectivity index is 0.000000132. The highest BCUT2D eigenvalue weighted by Crippen LogP contribution is 2.46. The third-order valence-electron chi connectivity index (χ3n) is 5.40. The van der Waals surface area contributed by atoms with Crippen LogP contribution < -0.4 is 10.5 Å². The molecular formula is C19H20N8O2. The summed E-state index contributed by atoms with van der Waals surface area (Å²) in [5.74, 6) is 2.37. The molecule has 2 aliphatic rings. The van der Waals surface area contributed by atoms with Gasteiger partial charge in [0.1, 0.15) is 12.9 Å². The number of nitrogens with zero attached hydrogens (tertiary/aromatic N) is 8. The largest absolute Gasteiger partial charge is 0.370 e. The highest BCUT2D eigenvalue weighted by molar-refractivity contribution is 5.68. The predicted octanol–water partition coefficient (Wildman–Crippen LogP) is 1.10. The Morgan fingerprint density at radius 1 is 1.17 bits per heavy atom. The summed E-state index contributed by atoms with van der Waals surface area (Å²) < 4.78 is 7.88. The molecule has 1 saturated heterocycles. The molecule has 1 aliphatic heterocycles. The molecule has 0 radical (unpaired) electrons. The molecule has 10 nitrogen and oxygen atoms in total. The molecular weight excluding hydrogens is 372 g/mol. The topological polar surface area (TPSA) is 108 Å². The van der Waals surface area contributed by atoms with Gasteiger partial charge in [0.25, 0.3) is 5.56 Å². The Kier molecular flexibility index (Phi) is 4.30. The van der Waals surface area contributed by atoms with Crippen LogP contribution in [-0.2, 0) is 13.6 Å². The maximum absolute atomic E-state index is 12.1. The number of aryl methyl sites for hydroxylation is 1. The Hall–Kier alpha value is -3.56. The molecule has 0 N–H and O–H groups in total. The van der Waals surface area contributed by atoms with Crippen molar-refractivity contribution in [1.29, 1.82) is 0 Å². The van der Waals surface area contributed by atoms with Crippen molar-refractivity contribution in [3.63, 3.8) is 0 Å². The first kappa shape index (κ1) is 17.5. The van der Waals surface area contributed by atoms with E-state index in [1.807, 2.05) is 18.5 Å². The quantitative estimate of drug-likeness (QED) is 0.510. The molecule has 10 heteroatoms. The third kappa shape index (κ3) is 3.48. The average Bonchev–Trinajstić information content (AvgIpc) is 3.15. The van der Waals surface area contributed by atoms with E-state index in [0.29, 0.717) is 17.1 Å². The molecule has 0 spiro atoms. The van der Waals surface area contributed by atoms with Gasteiger partial charge < -0.3 is 14.0 Å². The van der Waals surface area contributed by atoms with Gasteiger partial charge >= 0.3 is 0 Å². The lowest BCUT2D eigenvalue weighted by Gasteiger charge is -2.19. The van der Waals surface area contributed by atoms with E-state index in [1.165, 1.54) is 42.4 Å². The number of hydrogen-bond donors (Lipinski definition) is 0. The summed E-state index contributed by atoms with van der Waals surface area (Å²) in [4.78, 5) is 30.6. The van der Waals surface area contributed by atoms with Crippen LogP contribution in [0.5, 0.6) is 0 Å². The second-order valence-corrected chi connectivity index (χ2v) is 7.41. The minimum atomic E-state index is -0.187. The molecule has 29 heavy (non-hydrogen) atoms. The van der Waals surface area contributed by atoms with Crippen LogP contribution in [0.2, 0.25) is 0 Å². The average molecular weight is 392 g/mol. The molecule has 0 amide bonds. The standard InChI is InChI=1S/C10H12N2.C9H8N6O2/c1-2-10(5-11-3-1)12-6-8-4-9(8)7-12;1-14-4-11-8-7(14)9(16)15(5-12-8)2-6-10-3-13-17-6/h1-3,5,8-9H,4,6-7H2;3-5H,2H2,1H3/t8-,9+;. The first-order chi connectivity index (χ1) is 14.2. The summed E-state index contributed by atoms with van der Waals surface area (Å²) >= 11 is 0. The predicted molar refractivity (Wildman–Crippen MR) is 104 cm³/mol. The molecule has 0 bridgehead atoms. The van der Waals surface area contributed by atoms with Gasteiger partial charge in [-0.1, -0.05) is 5.16 Å². The van der Waals surface area contributed by atoms with Gasteiger partial charge in [0.05, 0.1) is 18.2 Å². The third-order valence-corrected chi connectivity index (χ3v) is 5.40. The maximum atomic E-state index is 12.1. The van der Waals surface area contributed by atoms with E-state index < -0.39 is 0 Å². The summed E-state index contributed by atoms with van der Waals surface area (Å²) in [6.07, 6.45) is 9.52. The van der Waals surface area contributed by atoms with Crippen molar-refractivity contribution in [2.45, 2.75) is 13.0 Å². The number of aromatic nitrogens is 7. The minimum absolute atomic E-state index is 0.187. The van der Waals surface area contributed by atoms with Crippen molar-refractivity contribution in [2.24, 2.45) is 18.9 Å². The molecule has 1 saturated carbocycles. The van der Waals surface area contributed by atoms with Crippen LogP contribution in [0.15, 0.2) is 52.8 Å².